The molecule has 0 bridgehead atoms. The van der Waals surface area contributed by atoms with Crippen molar-refractivity contribution in [2.45, 2.75) is 13.5 Å². The highest BCUT2D eigenvalue weighted by Crippen LogP contribution is 2.20. The minimum Gasteiger partial charge on any atom is -0.507 e. The van der Waals surface area contributed by atoms with Crippen molar-refractivity contribution in [2.24, 2.45) is 5.10 Å². The monoisotopic (exact) mass is 360 g/mol. The molecule has 3 aromatic carbocycles. The first-order valence-electron chi connectivity index (χ1n) is 8.54. The number of amides is 1. The third-order valence-electron chi connectivity index (χ3n) is 3.99. The Morgan fingerprint density at radius 3 is 2.30 bits per heavy atom. The summed E-state index contributed by atoms with van der Waals surface area (Å²) in [7, 11) is 0. The van der Waals surface area contributed by atoms with Crippen LogP contribution in [0.25, 0.3) is 0 Å². The van der Waals surface area contributed by atoms with E-state index in [9.17, 15) is 9.90 Å². The zero-order valence-electron chi connectivity index (χ0n) is 14.9. The Bertz CT molecular complexity index is 953. The van der Waals surface area contributed by atoms with E-state index in [-0.39, 0.29) is 11.7 Å². The van der Waals surface area contributed by atoms with Crippen LogP contribution in [0.15, 0.2) is 84.0 Å². The van der Waals surface area contributed by atoms with Crippen LogP contribution in [0.4, 0.5) is 0 Å². The Morgan fingerprint density at radius 2 is 1.56 bits per heavy atom. The molecule has 0 aliphatic heterocycles. The number of phenols is 1. The molecular weight excluding hydrogens is 340 g/mol. The molecule has 0 saturated carbocycles. The zero-order valence-corrected chi connectivity index (χ0v) is 14.9. The number of carbonyl (C=O) groups is 1. The largest absolute Gasteiger partial charge is 0.507 e. The lowest BCUT2D eigenvalue weighted by atomic mass is 10.1. The third-order valence-corrected chi connectivity index (χ3v) is 3.99. The van der Waals surface area contributed by atoms with Gasteiger partial charge in [-0.15, -0.1) is 0 Å². The molecule has 0 aliphatic rings. The number of aromatic hydroxyl groups is 1. The molecular formula is C22H20N2O3. The maximum atomic E-state index is 12.5. The molecule has 0 unspecified atom stereocenters. The van der Waals surface area contributed by atoms with Gasteiger partial charge in [0.25, 0.3) is 5.91 Å². The molecule has 1 amide bonds. The van der Waals surface area contributed by atoms with Crippen molar-refractivity contribution in [3.63, 3.8) is 0 Å². The molecule has 2 N–H and O–H groups in total. The summed E-state index contributed by atoms with van der Waals surface area (Å²) in [5, 5.41) is 14.0. The van der Waals surface area contributed by atoms with Gasteiger partial charge in [-0.1, -0.05) is 54.6 Å². The highest BCUT2D eigenvalue weighted by Gasteiger charge is 2.12. The first-order valence-corrected chi connectivity index (χ1v) is 8.54. The first kappa shape index (κ1) is 18.2. The van der Waals surface area contributed by atoms with Crippen LogP contribution in [0.2, 0.25) is 0 Å². The van der Waals surface area contributed by atoms with Gasteiger partial charge in [0.1, 0.15) is 18.1 Å². The second-order valence-electron chi connectivity index (χ2n) is 5.93. The summed E-state index contributed by atoms with van der Waals surface area (Å²) in [5.41, 5.74) is 4.99. The molecule has 0 spiro atoms. The average molecular weight is 360 g/mol. The summed E-state index contributed by atoms with van der Waals surface area (Å²) in [5.74, 6) is 0.210. The lowest BCUT2D eigenvalue weighted by Gasteiger charge is -2.11. The predicted molar refractivity (Wildman–Crippen MR) is 105 cm³/mol. The number of phenolic OH excluding ortho intramolecular Hbond substituents is 1. The van der Waals surface area contributed by atoms with Gasteiger partial charge in [0.05, 0.1) is 11.3 Å². The van der Waals surface area contributed by atoms with Crippen LogP contribution >= 0.6 is 0 Å². The number of ether oxygens (including phenoxy) is 1. The van der Waals surface area contributed by atoms with Gasteiger partial charge in [0.15, 0.2) is 0 Å². The van der Waals surface area contributed by atoms with Crippen LogP contribution in [0.3, 0.4) is 0 Å². The minimum atomic E-state index is -0.381. The van der Waals surface area contributed by atoms with E-state index >= 15 is 0 Å². The van der Waals surface area contributed by atoms with Crippen molar-refractivity contribution in [2.75, 3.05) is 0 Å². The fraction of sp³-hybridized carbons (Fsp3) is 0.0909. The van der Waals surface area contributed by atoms with Gasteiger partial charge in [-0.25, -0.2) is 5.43 Å². The lowest BCUT2D eigenvalue weighted by molar-refractivity contribution is 0.0950. The van der Waals surface area contributed by atoms with E-state index in [1.54, 1.807) is 49.4 Å². The maximum Gasteiger partial charge on any atom is 0.275 e. The Balaban J connectivity index is 1.71. The van der Waals surface area contributed by atoms with Gasteiger partial charge >= 0.3 is 0 Å². The van der Waals surface area contributed by atoms with Crippen molar-refractivity contribution < 1.29 is 14.6 Å². The predicted octanol–water partition coefficient (Wildman–Crippen LogP) is 4.13. The molecule has 0 aromatic heterocycles. The summed E-state index contributed by atoms with van der Waals surface area (Å²) >= 11 is 0. The van der Waals surface area contributed by atoms with Gasteiger partial charge in [-0.2, -0.15) is 5.10 Å². The van der Waals surface area contributed by atoms with Crippen LogP contribution < -0.4 is 10.2 Å². The second kappa shape index (κ2) is 8.67. The Morgan fingerprint density at radius 1 is 0.926 bits per heavy atom. The number of carbonyl (C=O) groups excluding carboxylic acids is 1. The van der Waals surface area contributed by atoms with Gasteiger partial charge < -0.3 is 9.84 Å². The maximum absolute atomic E-state index is 12.5. The standard InChI is InChI=1S/C22H20N2O3/c1-16(18-11-5-7-13-20(18)25)23-24-22(26)19-12-6-8-14-21(19)27-15-17-9-3-2-4-10-17/h2-14,25H,15H2,1H3,(H,24,26). The molecule has 5 heteroatoms. The molecule has 0 atom stereocenters. The number of hydrogen-bond acceptors (Lipinski definition) is 4. The topological polar surface area (TPSA) is 70.9 Å². The van der Waals surface area contributed by atoms with Gasteiger partial charge in [-0.05, 0) is 36.8 Å². The van der Waals surface area contributed by atoms with Gasteiger partial charge in [0, 0.05) is 5.56 Å². The van der Waals surface area contributed by atoms with E-state index < -0.39 is 0 Å². The summed E-state index contributed by atoms with van der Waals surface area (Å²) in [6, 6.07) is 23.6. The number of nitrogens with one attached hydrogen (secondary N) is 1. The smallest absolute Gasteiger partial charge is 0.275 e. The van der Waals surface area contributed by atoms with Crippen molar-refractivity contribution in [3.05, 3.63) is 95.6 Å². The van der Waals surface area contributed by atoms with E-state index in [1.807, 2.05) is 36.4 Å². The minimum absolute atomic E-state index is 0.111. The number of benzene rings is 3. The number of hydrogen-bond donors (Lipinski definition) is 2. The van der Waals surface area contributed by atoms with Crippen molar-refractivity contribution >= 4 is 11.6 Å². The molecule has 0 heterocycles. The van der Waals surface area contributed by atoms with Crippen LogP contribution in [-0.2, 0) is 6.61 Å². The highest BCUT2D eigenvalue weighted by atomic mass is 16.5. The SMILES string of the molecule is CC(=NNC(=O)c1ccccc1OCc1ccccc1)c1ccccc1O. The number of rotatable bonds is 6. The molecule has 5 nitrogen and oxygen atoms in total. The quantitative estimate of drug-likeness (QED) is 0.513. The Kier molecular flexibility index (Phi) is 5.84. The number of nitrogens with zero attached hydrogens (tertiary/aromatic N) is 1. The number of hydrazone groups is 1. The van der Waals surface area contributed by atoms with Gasteiger partial charge in [-0.3, -0.25) is 4.79 Å². The molecule has 3 aromatic rings. The van der Waals surface area contributed by atoms with E-state index in [4.69, 9.17) is 4.74 Å². The van der Waals surface area contributed by atoms with E-state index in [2.05, 4.69) is 10.5 Å². The normalized spacial score (nSPS) is 11.1. The van der Waals surface area contributed by atoms with Gasteiger partial charge in [0.2, 0.25) is 0 Å². The molecule has 0 radical (unpaired) electrons. The molecule has 0 fully saturated rings. The van der Waals surface area contributed by atoms with Crippen molar-refractivity contribution in [3.8, 4) is 11.5 Å². The Labute approximate surface area is 157 Å². The molecule has 27 heavy (non-hydrogen) atoms. The van der Waals surface area contributed by atoms with E-state index in [0.29, 0.717) is 29.2 Å². The molecule has 136 valence electrons. The summed E-state index contributed by atoms with van der Waals surface area (Å²) in [6.07, 6.45) is 0. The first-order chi connectivity index (χ1) is 13.1. The second-order valence-corrected chi connectivity index (χ2v) is 5.93. The third kappa shape index (κ3) is 4.73. The van der Waals surface area contributed by atoms with Crippen LogP contribution in [0.1, 0.15) is 28.4 Å². The fourth-order valence-corrected chi connectivity index (χ4v) is 2.55. The zero-order chi connectivity index (χ0) is 19.1. The highest BCUT2D eigenvalue weighted by molar-refractivity contribution is 6.03. The van der Waals surface area contributed by atoms with Crippen LogP contribution in [0.5, 0.6) is 11.5 Å². The molecule has 3 rings (SSSR count). The van der Waals surface area contributed by atoms with Crippen LogP contribution in [-0.4, -0.2) is 16.7 Å². The average Bonchev–Trinajstić information content (AvgIpc) is 2.71. The van der Waals surface area contributed by atoms with E-state index in [0.717, 1.165) is 5.56 Å². The lowest BCUT2D eigenvalue weighted by Crippen LogP contribution is -2.20. The number of para-hydroxylation sites is 2. The Hall–Kier alpha value is -3.60. The molecule has 0 aliphatic carbocycles. The summed E-state index contributed by atoms with van der Waals surface area (Å²) < 4.78 is 5.81. The van der Waals surface area contributed by atoms with E-state index in [1.165, 1.54) is 0 Å². The van der Waals surface area contributed by atoms with Crippen LogP contribution in [0, 0.1) is 0 Å². The van der Waals surface area contributed by atoms with Crippen molar-refractivity contribution in [1.82, 2.24) is 5.43 Å². The van der Waals surface area contributed by atoms with Crippen molar-refractivity contribution in [1.29, 1.82) is 0 Å². The molecule has 0 saturated heterocycles. The summed E-state index contributed by atoms with van der Waals surface area (Å²) in [4.78, 5) is 12.5. The fourth-order valence-electron chi connectivity index (χ4n) is 2.55. The summed E-state index contributed by atoms with van der Waals surface area (Å²) in [6.45, 7) is 2.08.